The van der Waals surface area contributed by atoms with Crippen molar-refractivity contribution >= 4 is 23.7 Å². The standard InChI is InChI=1S/C36H68N2O5/c1-3-5-7-9-11-13-15-17-19-21-23-25-27-29-34(40)38(32(36(42)43)31-33(37)39)35(41)30-28-26-24-22-20-18-16-14-12-10-8-6-4-2/h32H,3-31H2,1-2H3,(H2,37,39)(H,42,43)/t32-/m0/s1. The number of rotatable bonds is 32. The molecule has 3 amide bonds. The molecule has 0 saturated heterocycles. The van der Waals surface area contributed by atoms with Gasteiger partial charge in [0.05, 0.1) is 6.42 Å². The van der Waals surface area contributed by atoms with E-state index >= 15 is 0 Å². The van der Waals surface area contributed by atoms with E-state index in [1.807, 2.05) is 0 Å². The predicted molar refractivity (Wildman–Crippen MR) is 178 cm³/mol. The van der Waals surface area contributed by atoms with E-state index in [2.05, 4.69) is 13.8 Å². The third-order valence-corrected chi connectivity index (χ3v) is 8.52. The van der Waals surface area contributed by atoms with Crippen molar-refractivity contribution in [1.82, 2.24) is 4.90 Å². The van der Waals surface area contributed by atoms with Gasteiger partial charge in [0.15, 0.2) is 0 Å². The van der Waals surface area contributed by atoms with Crippen molar-refractivity contribution in [3.8, 4) is 0 Å². The molecule has 0 aromatic heterocycles. The SMILES string of the molecule is CCCCCCCCCCCCCCCC(=O)N(C(=O)CCCCCCCCCCCCCCC)[C@@H](CC(N)=O)C(=O)O. The van der Waals surface area contributed by atoms with Crippen LogP contribution in [0, 0.1) is 0 Å². The Hall–Kier alpha value is -1.92. The second-order valence-corrected chi connectivity index (χ2v) is 12.7. The minimum Gasteiger partial charge on any atom is -0.480 e. The minimum atomic E-state index is -1.53. The van der Waals surface area contributed by atoms with Crippen LogP contribution >= 0.6 is 0 Å². The van der Waals surface area contributed by atoms with Gasteiger partial charge < -0.3 is 10.8 Å². The number of carbonyl (C=O) groups excluding carboxylic acids is 3. The van der Waals surface area contributed by atoms with Crippen LogP contribution in [0.3, 0.4) is 0 Å². The van der Waals surface area contributed by atoms with E-state index in [-0.39, 0.29) is 12.8 Å². The molecule has 7 heteroatoms. The van der Waals surface area contributed by atoms with Crippen LogP contribution in [0.2, 0.25) is 0 Å². The largest absolute Gasteiger partial charge is 0.480 e. The molecule has 0 rings (SSSR count). The summed E-state index contributed by atoms with van der Waals surface area (Å²) in [7, 11) is 0. The number of hydrogen-bond donors (Lipinski definition) is 2. The Balaban J connectivity index is 4.32. The Morgan fingerprint density at radius 2 is 0.744 bits per heavy atom. The third kappa shape index (κ3) is 25.1. The van der Waals surface area contributed by atoms with Crippen LogP contribution in [0.15, 0.2) is 0 Å². The van der Waals surface area contributed by atoms with Crippen LogP contribution in [0.1, 0.15) is 200 Å². The number of aliphatic carboxylic acids is 1. The molecular weight excluding hydrogens is 540 g/mol. The summed E-state index contributed by atoms with van der Waals surface area (Å²) in [5.41, 5.74) is 5.27. The molecule has 0 aliphatic heterocycles. The number of imide groups is 1. The van der Waals surface area contributed by atoms with Crippen LogP contribution in [-0.4, -0.2) is 39.7 Å². The quantitative estimate of drug-likeness (QED) is 0.0737. The maximum atomic E-state index is 13.0. The Labute approximate surface area is 264 Å². The first-order valence-electron chi connectivity index (χ1n) is 18.2. The molecule has 0 unspecified atom stereocenters. The summed E-state index contributed by atoms with van der Waals surface area (Å²) < 4.78 is 0. The average molecular weight is 609 g/mol. The number of primary amides is 1. The van der Waals surface area contributed by atoms with Crippen molar-refractivity contribution < 1.29 is 24.3 Å². The van der Waals surface area contributed by atoms with E-state index < -0.39 is 36.2 Å². The van der Waals surface area contributed by atoms with E-state index in [1.54, 1.807) is 0 Å². The summed E-state index contributed by atoms with van der Waals surface area (Å²) in [4.78, 5) is 50.4. The van der Waals surface area contributed by atoms with Gasteiger partial charge in [0.25, 0.3) is 0 Å². The van der Waals surface area contributed by atoms with Gasteiger partial charge in [0.1, 0.15) is 6.04 Å². The van der Waals surface area contributed by atoms with Crippen LogP contribution in [-0.2, 0) is 19.2 Å². The Morgan fingerprint density at radius 3 is 0.977 bits per heavy atom. The number of carboxylic acids is 1. The number of nitrogens with two attached hydrogens (primary N) is 1. The normalized spacial score (nSPS) is 11.9. The molecule has 7 nitrogen and oxygen atoms in total. The van der Waals surface area contributed by atoms with Crippen LogP contribution in [0.25, 0.3) is 0 Å². The molecule has 3 N–H and O–H groups in total. The fourth-order valence-corrected chi connectivity index (χ4v) is 5.80. The molecule has 0 heterocycles. The van der Waals surface area contributed by atoms with Gasteiger partial charge >= 0.3 is 5.97 Å². The van der Waals surface area contributed by atoms with Crippen LogP contribution < -0.4 is 5.73 Å². The summed E-state index contributed by atoms with van der Waals surface area (Å²) in [6.07, 6.45) is 30.4. The highest BCUT2D eigenvalue weighted by Crippen LogP contribution is 2.18. The lowest BCUT2D eigenvalue weighted by Gasteiger charge is -2.27. The maximum Gasteiger partial charge on any atom is 0.327 e. The first-order chi connectivity index (χ1) is 20.8. The van der Waals surface area contributed by atoms with Crippen molar-refractivity contribution in [1.29, 1.82) is 0 Å². The topological polar surface area (TPSA) is 118 Å². The fraction of sp³-hybridized carbons (Fsp3) is 0.889. The van der Waals surface area contributed by atoms with Crippen molar-refractivity contribution in [2.24, 2.45) is 5.73 Å². The maximum absolute atomic E-state index is 13.0. The number of carboxylic acid groups (broad SMARTS) is 1. The van der Waals surface area contributed by atoms with Crippen LogP contribution in [0.5, 0.6) is 0 Å². The first-order valence-corrected chi connectivity index (χ1v) is 18.2. The molecule has 252 valence electrons. The number of carbonyl (C=O) groups is 4. The second-order valence-electron chi connectivity index (χ2n) is 12.7. The molecule has 0 spiro atoms. The van der Waals surface area contributed by atoms with Crippen LogP contribution in [0.4, 0.5) is 0 Å². The lowest BCUT2D eigenvalue weighted by Crippen LogP contribution is -2.50. The lowest BCUT2D eigenvalue weighted by molar-refractivity contribution is -0.159. The van der Waals surface area contributed by atoms with Gasteiger partial charge in [0, 0.05) is 12.8 Å². The summed E-state index contributed by atoms with van der Waals surface area (Å²) in [5.74, 6) is -3.20. The average Bonchev–Trinajstić information content (AvgIpc) is 2.97. The van der Waals surface area contributed by atoms with Gasteiger partial charge in [-0.25, -0.2) is 4.79 Å². The molecule has 0 aliphatic rings. The van der Waals surface area contributed by atoms with E-state index in [0.717, 1.165) is 43.4 Å². The molecule has 0 aromatic rings. The summed E-state index contributed by atoms with van der Waals surface area (Å²) in [6.45, 7) is 4.48. The van der Waals surface area contributed by atoms with Crippen molar-refractivity contribution in [3.63, 3.8) is 0 Å². The van der Waals surface area contributed by atoms with Crippen molar-refractivity contribution in [3.05, 3.63) is 0 Å². The van der Waals surface area contributed by atoms with Gasteiger partial charge in [-0.2, -0.15) is 0 Å². The molecular formula is C36H68N2O5. The van der Waals surface area contributed by atoms with Crippen molar-refractivity contribution in [2.45, 2.75) is 206 Å². The molecule has 0 bridgehead atoms. The van der Waals surface area contributed by atoms with E-state index in [4.69, 9.17) is 5.73 Å². The highest BCUT2D eigenvalue weighted by atomic mass is 16.4. The zero-order valence-electron chi connectivity index (χ0n) is 28.2. The Kier molecular flexibility index (Phi) is 28.8. The van der Waals surface area contributed by atoms with E-state index in [9.17, 15) is 24.3 Å². The zero-order valence-corrected chi connectivity index (χ0v) is 28.2. The highest BCUT2D eigenvalue weighted by Gasteiger charge is 2.35. The molecule has 0 aliphatic carbocycles. The highest BCUT2D eigenvalue weighted by molar-refractivity contribution is 6.00. The summed E-state index contributed by atoms with van der Waals surface area (Å²) in [6, 6.07) is -1.53. The van der Waals surface area contributed by atoms with Gasteiger partial charge in [-0.15, -0.1) is 0 Å². The van der Waals surface area contributed by atoms with Crippen molar-refractivity contribution in [2.75, 3.05) is 0 Å². The number of hydrogen-bond acceptors (Lipinski definition) is 4. The first kappa shape index (κ1) is 41.1. The van der Waals surface area contributed by atoms with E-state index in [0.29, 0.717) is 12.8 Å². The fourth-order valence-electron chi connectivity index (χ4n) is 5.80. The van der Waals surface area contributed by atoms with Gasteiger partial charge in [0.2, 0.25) is 17.7 Å². The molecule has 0 saturated carbocycles. The lowest BCUT2D eigenvalue weighted by atomic mass is 10.0. The smallest absolute Gasteiger partial charge is 0.327 e. The number of unbranched alkanes of at least 4 members (excludes halogenated alkanes) is 24. The molecule has 1 atom stereocenters. The van der Waals surface area contributed by atoms with Gasteiger partial charge in [-0.3, -0.25) is 19.3 Å². The second kappa shape index (κ2) is 30.1. The predicted octanol–water partition coefficient (Wildman–Crippen LogP) is 9.63. The monoisotopic (exact) mass is 609 g/mol. The summed E-state index contributed by atoms with van der Waals surface area (Å²) in [5, 5.41) is 9.70. The molecule has 0 fully saturated rings. The minimum absolute atomic E-state index is 0.116. The van der Waals surface area contributed by atoms with Gasteiger partial charge in [-0.05, 0) is 12.8 Å². The summed E-state index contributed by atoms with van der Waals surface area (Å²) >= 11 is 0. The third-order valence-electron chi connectivity index (χ3n) is 8.52. The number of amides is 3. The van der Waals surface area contributed by atoms with E-state index in [1.165, 1.54) is 116 Å². The van der Waals surface area contributed by atoms with Gasteiger partial charge in [-0.1, -0.05) is 168 Å². The zero-order chi connectivity index (χ0) is 32.0. The molecule has 0 aromatic carbocycles. The Bertz CT molecular complexity index is 670. The molecule has 0 radical (unpaired) electrons. The molecule has 43 heavy (non-hydrogen) atoms. The Morgan fingerprint density at radius 1 is 0.488 bits per heavy atom. The number of nitrogens with zero attached hydrogens (tertiary/aromatic N) is 1.